The second-order valence-corrected chi connectivity index (χ2v) is 9.11. The molecule has 0 spiro atoms. The van der Waals surface area contributed by atoms with Crippen molar-refractivity contribution in [2.45, 2.75) is 52.5 Å². The third-order valence-electron chi connectivity index (χ3n) is 5.72. The molecule has 1 saturated heterocycles. The van der Waals surface area contributed by atoms with Crippen LogP contribution in [-0.4, -0.2) is 52.4 Å². The summed E-state index contributed by atoms with van der Waals surface area (Å²) in [5.41, 5.74) is 3.45. The monoisotopic (exact) mass is 398 g/mol. The number of hydrogen-bond donors (Lipinski definition) is 2. The van der Waals surface area contributed by atoms with Gasteiger partial charge in [0.15, 0.2) is 0 Å². The standard InChI is InChI=1S/C21H30N6O2/c1-13(2)15-9-16(26-25-15)19(28)23-17-10-21(3,4)11-18-14(17)12-22-20(24-18)27-5-7-29-8-6-27/h9,12-13,17H,5-8,10-11H2,1-4H3,(H,23,28)(H,25,26)/t17-/m1/s1. The molecule has 0 radical (unpaired) electrons. The summed E-state index contributed by atoms with van der Waals surface area (Å²) in [6.07, 6.45) is 3.60. The lowest BCUT2D eigenvalue weighted by molar-refractivity contribution is 0.0913. The van der Waals surface area contributed by atoms with Gasteiger partial charge in [-0.05, 0) is 30.2 Å². The Kier molecular flexibility index (Phi) is 5.29. The Balaban J connectivity index is 1.57. The van der Waals surface area contributed by atoms with E-state index in [1.807, 2.05) is 12.3 Å². The number of fused-ring (bicyclic) bond motifs is 1. The molecule has 0 unspecified atom stereocenters. The summed E-state index contributed by atoms with van der Waals surface area (Å²) >= 11 is 0. The molecule has 156 valence electrons. The molecule has 1 amide bonds. The van der Waals surface area contributed by atoms with Gasteiger partial charge in [-0.3, -0.25) is 9.89 Å². The molecule has 29 heavy (non-hydrogen) atoms. The largest absolute Gasteiger partial charge is 0.378 e. The Morgan fingerprint density at radius 2 is 2.10 bits per heavy atom. The lowest BCUT2D eigenvalue weighted by Gasteiger charge is -2.37. The topological polar surface area (TPSA) is 96.0 Å². The number of carbonyl (C=O) groups is 1. The highest BCUT2D eigenvalue weighted by Gasteiger charge is 2.35. The fourth-order valence-corrected chi connectivity index (χ4v) is 4.06. The van der Waals surface area contributed by atoms with E-state index in [0.717, 1.165) is 48.8 Å². The SMILES string of the molecule is CC(C)c1cc(C(=O)N[C@@H]2CC(C)(C)Cc3nc(N4CCOCC4)ncc32)n[nH]1. The van der Waals surface area contributed by atoms with Crippen LogP contribution >= 0.6 is 0 Å². The van der Waals surface area contributed by atoms with E-state index in [9.17, 15) is 4.79 Å². The van der Waals surface area contributed by atoms with Gasteiger partial charge in [0.2, 0.25) is 5.95 Å². The zero-order valence-corrected chi connectivity index (χ0v) is 17.7. The van der Waals surface area contributed by atoms with Crippen molar-refractivity contribution < 1.29 is 9.53 Å². The van der Waals surface area contributed by atoms with Gasteiger partial charge in [0.05, 0.1) is 24.9 Å². The molecule has 1 atom stereocenters. The minimum atomic E-state index is -0.168. The predicted molar refractivity (Wildman–Crippen MR) is 110 cm³/mol. The molecule has 2 aliphatic rings. The van der Waals surface area contributed by atoms with Crippen LogP contribution in [0.2, 0.25) is 0 Å². The number of H-pyrrole nitrogens is 1. The zero-order chi connectivity index (χ0) is 20.6. The Morgan fingerprint density at radius 3 is 2.79 bits per heavy atom. The van der Waals surface area contributed by atoms with E-state index in [1.165, 1.54) is 0 Å². The van der Waals surface area contributed by atoms with Crippen molar-refractivity contribution in [3.63, 3.8) is 0 Å². The fraction of sp³-hybridized carbons (Fsp3) is 0.619. The van der Waals surface area contributed by atoms with Crippen molar-refractivity contribution >= 4 is 11.9 Å². The molecule has 2 aromatic rings. The Labute approximate surface area is 171 Å². The van der Waals surface area contributed by atoms with E-state index < -0.39 is 0 Å². The lowest BCUT2D eigenvalue weighted by atomic mass is 9.74. The summed E-state index contributed by atoms with van der Waals surface area (Å²) in [6, 6.07) is 1.70. The highest BCUT2D eigenvalue weighted by Crippen LogP contribution is 2.40. The van der Waals surface area contributed by atoms with Crippen molar-refractivity contribution in [3.8, 4) is 0 Å². The summed E-state index contributed by atoms with van der Waals surface area (Å²) in [5, 5.41) is 10.3. The average Bonchev–Trinajstić information content (AvgIpc) is 3.18. The van der Waals surface area contributed by atoms with Crippen LogP contribution in [0.4, 0.5) is 5.95 Å². The zero-order valence-electron chi connectivity index (χ0n) is 17.7. The van der Waals surface area contributed by atoms with Gasteiger partial charge in [-0.2, -0.15) is 5.10 Å². The van der Waals surface area contributed by atoms with Crippen molar-refractivity contribution in [1.82, 2.24) is 25.5 Å². The Bertz CT molecular complexity index is 885. The number of hydrogen-bond acceptors (Lipinski definition) is 6. The number of rotatable bonds is 4. The maximum absolute atomic E-state index is 12.8. The second-order valence-electron chi connectivity index (χ2n) is 9.11. The first-order valence-corrected chi connectivity index (χ1v) is 10.4. The molecule has 0 aromatic carbocycles. The molecule has 3 heterocycles. The van der Waals surface area contributed by atoms with Crippen LogP contribution in [0.15, 0.2) is 12.3 Å². The van der Waals surface area contributed by atoms with Crippen LogP contribution in [0.5, 0.6) is 0 Å². The van der Waals surface area contributed by atoms with Crippen LogP contribution in [-0.2, 0) is 11.2 Å². The molecule has 1 aliphatic carbocycles. The average molecular weight is 399 g/mol. The summed E-state index contributed by atoms with van der Waals surface area (Å²) in [4.78, 5) is 24.5. The van der Waals surface area contributed by atoms with Crippen molar-refractivity contribution in [3.05, 3.63) is 34.9 Å². The molecular formula is C21H30N6O2. The van der Waals surface area contributed by atoms with E-state index in [1.54, 1.807) is 0 Å². The van der Waals surface area contributed by atoms with E-state index in [0.29, 0.717) is 24.8 Å². The molecule has 1 aliphatic heterocycles. The smallest absolute Gasteiger partial charge is 0.272 e. The highest BCUT2D eigenvalue weighted by molar-refractivity contribution is 5.92. The quantitative estimate of drug-likeness (QED) is 0.822. The number of nitrogens with one attached hydrogen (secondary N) is 2. The Hall–Kier alpha value is -2.48. The maximum Gasteiger partial charge on any atom is 0.272 e. The van der Waals surface area contributed by atoms with Crippen molar-refractivity contribution in [2.75, 3.05) is 31.2 Å². The number of nitrogens with zero attached hydrogens (tertiary/aromatic N) is 4. The lowest BCUT2D eigenvalue weighted by Crippen LogP contribution is -2.39. The number of carbonyl (C=O) groups excluding carboxylic acids is 1. The van der Waals surface area contributed by atoms with Gasteiger partial charge in [-0.25, -0.2) is 9.97 Å². The second kappa shape index (κ2) is 7.74. The van der Waals surface area contributed by atoms with Crippen molar-refractivity contribution in [2.24, 2.45) is 5.41 Å². The fourth-order valence-electron chi connectivity index (χ4n) is 4.06. The van der Waals surface area contributed by atoms with Crippen LogP contribution in [0, 0.1) is 5.41 Å². The molecule has 0 bridgehead atoms. The third kappa shape index (κ3) is 4.27. The van der Waals surface area contributed by atoms with Gasteiger partial charge >= 0.3 is 0 Å². The third-order valence-corrected chi connectivity index (χ3v) is 5.72. The predicted octanol–water partition coefficient (Wildman–Crippen LogP) is 2.60. The molecule has 8 heteroatoms. The first kappa shape index (κ1) is 19.8. The molecule has 8 nitrogen and oxygen atoms in total. The van der Waals surface area contributed by atoms with Crippen LogP contribution < -0.4 is 10.2 Å². The molecule has 2 aromatic heterocycles. The van der Waals surface area contributed by atoms with E-state index in [2.05, 4.69) is 53.1 Å². The minimum Gasteiger partial charge on any atom is -0.378 e. The summed E-state index contributed by atoms with van der Waals surface area (Å²) in [5.74, 6) is 0.883. The highest BCUT2D eigenvalue weighted by atomic mass is 16.5. The van der Waals surface area contributed by atoms with E-state index in [-0.39, 0.29) is 17.4 Å². The van der Waals surface area contributed by atoms with Gasteiger partial charge < -0.3 is 15.0 Å². The van der Waals surface area contributed by atoms with Gasteiger partial charge in [0.1, 0.15) is 5.69 Å². The summed E-state index contributed by atoms with van der Waals surface area (Å²) < 4.78 is 5.43. The van der Waals surface area contributed by atoms with Crippen LogP contribution in [0.25, 0.3) is 0 Å². The maximum atomic E-state index is 12.8. The first-order chi connectivity index (χ1) is 13.8. The van der Waals surface area contributed by atoms with Gasteiger partial charge in [-0.15, -0.1) is 0 Å². The van der Waals surface area contributed by atoms with Gasteiger partial charge in [-0.1, -0.05) is 27.7 Å². The number of aromatic nitrogens is 4. The molecule has 0 saturated carbocycles. The van der Waals surface area contributed by atoms with Crippen molar-refractivity contribution in [1.29, 1.82) is 0 Å². The summed E-state index contributed by atoms with van der Waals surface area (Å²) in [7, 11) is 0. The van der Waals surface area contributed by atoms with E-state index in [4.69, 9.17) is 9.72 Å². The Morgan fingerprint density at radius 1 is 1.34 bits per heavy atom. The number of morpholine rings is 1. The molecule has 1 fully saturated rings. The molecular weight excluding hydrogens is 368 g/mol. The van der Waals surface area contributed by atoms with Crippen LogP contribution in [0.3, 0.4) is 0 Å². The van der Waals surface area contributed by atoms with Gasteiger partial charge in [0.25, 0.3) is 5.91 Å². The number of anilines is 1. The minimum absolute atomic E-state index is 0.0379. The summed E-state index contributed by atoms with van der Waals surface area (Å²) in [6.45, 7) is 11.6. The van der Waals surface area contributed by atoms with Gasteiger partial charge in [0, 0.05) is 30.5 Å². The number of amides is 1. The molecule has 4 rings (SSSR count). The number of ether oxygens (including phenoxy) is 1. The number of aromatic amines is 1. The van der Waals surface area contributed by atoms with E-state index >= 15 is 0 Å². The molecule has 2 N–H and O–H groups in total. The normalized spacial score (nSPS) is 21.1. The first-order valence-electron chi connectivity index (χ1n) is 10.4. The van der Waals surface area contributed by atoms with Crippen LogP contribution in [0.1, 0.15) is 73.5 Å².